The molecule has 1 aliphatic rings. The molecule has 0 bridgehead atoms. The molecule has 2 aromatic carbocycles. The minimum absolute atomic E-state index is 0.225. The predicted octanol–water partition coefficient (Wildman–Crippen LogP) is 6.44. The van der Waals surface area contributed by atoms with Crippen LogP contribution < -0.4 is 15.0 Å². The highest BCUT2D eigenvalue weighted by molar-refractivity contribution is 7.22. The van der Waals surface area contributed by atoms with E-state index >= 15 is 0 Å². The number of anilines is 2. The Bertz CT molecular complexity index is 1500. The van der Waals surface area contributed by atoms with Crippen LogP contribution in [0.3, 0.4) is 0 Å². The number of rotatable bonds is 8. The molecular weight excluding hydrogens is 541 g/mol. The fourth-order valence-electron chi connectivity index (χ4n) is 4.87. The molecule has 4 aromatic rings. The van der Waals surface area contributed by atoms with Crippen molar-refractivity contribution in [3.8, 4) is 22.9 Å². The molecule has 3 heterocycles. The average molecular weight is 571 g/mol. The van der Waals surface area contributed by atoms with Gasteiger partial charge in [-0.05, 0) is 43.8 Å². The van der Waals surface area contributed by atoms with Gasteiger partial charge in [-0.1, -0.05) is 43.4 Å². The van der Waals surface area contributed by atoms with Gasteiger partial charge in [0.05, 0.1) is 16.0 Å². The summed E-state index contributed by atoms with van der Waals surface area (Å²) in [4.78, 5) is 29.9. The van der Waals surface area contributed by atoms with Gasteiger partial charge in [-0.25, -0.2) is 9.97 Å². The van der Waals surface area contributed by atoms with Gasteiger partial charge in [0.15, 0.2) is 10.9 Å². The number of para-hydroxylation sites is 1. The molecule has 1 unspecified atom stereocenters. The molecule has 1 amide bonds. The standard InChI is InChI=1S/C28H29F3N6O2S/c1-4-36(5-2)20-13-14-37(16-20)26-33-21(18-9-11-19(12-10-18)28(29,30)31)15-24(34-26)39-22-7-6-8-23-25(22)35-27(40-23)32-17(3)38/h6-12,15,20H,4-5,13-14,16H2,1-3H3,(H,32,35,38). The quantitative estimate of drug-likeness (QED) is 0.261. The average Bonchev–Trinajstić information content (AvgIpc) is 3.56. The maximum atomic E-state index is 13.2. The highest BCUT2D eigenvalue weighted by Crippen LogP contribution is 2.36. The number of carbonyl (C=O) groups excluding carboxylic acids is 1. The third kappa shape index (κ3) is 6.02. The molecule has 0 aliphatic carbocycles. The van der Waals surface area contributed by atoms with E-state index in [0.29, 0.717) is 39.6 Å². The number of ether oxygens (including phenoxy) is 1. The summed E-state index contributed by atoms with van der Waals surface area (Å²) in [5.41, 5.74) is 0.800. The van der Waals surface area contributed by atoms with E-state index in [1.807, 2.05) is 12.1 Å². The van der Waals surface area contributed by atoms with Crippen molar-refractivity contribution in [1.82, 2.24) is 19.9 Å². The maximum Gasteiger partial charge on any atom is 0.416 e. The molecule has 0 saturated carbocycles. The highest BCUT2D eigenvalue weighted by atomic mass is 32.1. The summed E-state index contributed by atoms with van der Waals surface area (Å²) >= 11 is 1.32. The van der Waals surface area contributed by atoms with Crippen LogP contribution in [-0.4, -0.2) is 58.0 Å². The minimum Gasteiger partial charge on any atom is -0.437 e. The van der Waals surface area contributed by atoms with Gasteiger partial charge in [-0.3, -0.25) is 9.69 Å². The zero-order valence-electron chi connectivity index (χ0n) is 22.3. The number of halogens is 3. The first-order chi connectivity index (χ1) is 19.1. The number of carbonyl (C=O) groups is 1. The van der Waals surface area contributed by atoms with Crippen molar-refractivity contribution in [2.75, 3.05) is 36.4 Å². The second kappa shape index (κ2) is 11.4. The van der Waals surface area contributed by atoms with Crippen LogP contribution in [0, 0.1) is 0 Å². The van der Waals surface area contributed by atoms with Crippen LogP contribution in [0.1, 0.15) is 32.8 Å². The van der Waals surface area contributed by atoms with E-state index in [4.69, 9.17) is 14.7 Å². The molecule has 40 heavy (non-hydrogen) atoms. The van der Waals surface area contributed by atoms with E-state index in [1.165, 1.54) is 30.4 Å². The highest BCUT2D eigenvalue weighted by Gasteiger charge is 2.31. The van der Waals surface area contributed by atoms with E-state index in [-0.39, 0.29) is 11.8 Å². The summed E-state index contributed by atoms with van der Waals surface area (Å²) in [6.45, 7) is 9.05. The second-order valence-electron chi connectivity index (χ2n) is 9.48. The fourth-order valence-corrected chi connectivity index (χ4v) is 5.80. The van der Waals surface area contributed by atoms with Crippen LogP contribution in [0.5, 0.6) is 11.6 Å². The minimum atomic E-state index is -4.43. The number of hydrogen-bond donors (Lipinski definition) is 1. The first kappa shape index (κ1) is 27.8. The van der Waals surface area contributed by atoms with Gasteiger partial charge in [0.1, 0.15) is 5.52 Å². The van der Waals surface area contributed by atoms with Gasteiger partial charge in [0.2, 0.25) is 17.7 Å². The monoisotopic (exact) mass is 570 g/mol. The Kier molecular flexibility index (Phi) is 7.90. The van der Waals surface area contributed by atoms with Gasteiger partial charge in [0.25, 0.3) is 0 Å². The SMILES string of the molecule is CCN(CC)C1CCN(c2nc(Oc3cccc4sc(NC(C)=O)nc34)cc(-c3ccc(C(F)(F)F)cc3)n2)C1. The van der Waals surface area contributed by atoms with Gasteiger partial charge in [-0.15, -0.1) is 0 Å². The Morgan fingerprint density at radius 1 is 1.12 bits per heavy atom. The molecule has 0 radical (unpaired) electrons. The van der Waals surface area contributed by atoms with E-state index in [9.17, 15) is 18.0 Å². The largest absolute Gasteiger partial charge is 0.437 e. The summed E-state index contributed by atoms with van der Waals surface area (Å²) < 4.78 is 46.6. The lowest BCUT2D eigenvalue weighted by Crippen LogP contribution is -2.37. The smallest absolute Gasteiger partial charge is 0.416 e. The Labute approximate surface area is 233 Å². The zero-order chi connectivity index (χ0) is 28.4. The first-order valence-electron chi connectivity index (χ1n) is 13.0. The van der Waals surface area contributed by atoms with Crippen molar-refractivity contribution < 1.29 is 22.7 Å². The lowest BCUT2D eigenvalue weighted by Gasteiger charge is -2.26. The van der Waals surface area contributed by atoms with Gasteiger partial charge in [-0.2, -0.15) is 18.2 Å². The molecular formula is C28H29F3N6O2S. The molecule has 210 valence electrons. The summed E-state index contributed by atoms with van der Waals surface area (Å²) in [5, 5.41) is 3.15. The summed E-state index contributed by atoms with van der Waals surface area (Å²) in [5.74, 6) is 0.909. The van der Waals surface area contributed by atoms with E-state index in [0.717, 1.165) is 49.4 Å². The van der Waals surface area contributed by atoms with Crippen LogP contribution in [-0.2, 0) is 11.0 Å². The lowest BCUT2D eigenvalue weighted by molar-refractivity contribution is -0.137. The van der Waals surface area contributed by atoms with Crippen molar-refractivity contribution in [3.05, 3.63) is 54.1 Å². The number of aromatic nitrogens is 3. The summed E-state index contributed by atoms with van der Waals surface area (Å²) in [6, 6.07) is 12.3. The lowest BCUT2D eigenvalue weighted by atomic mass is 10.1. The van der Waals surface area contributed by atoms with Crippen LogP contribution in [0.4, 0.5) is 24.3 Å². The van der Waals surface area contributed by atoms with Gasteiger partial charge < -0.3 is 15.0 Å². The molecule has 1 aliphatic heterocycles. The summed E-state index contributed by atoms with van der Waals surface area (Å²) in [7, 11) is 0. The van der Waals surface area contributed by atoms with Crippen molar-refractivity contribution in [2.45, 2.75) is 39.4 Å². The number of hydrogen-bond acceptors (Lipinski definition) is 8. The zero-order valence-corrected chi connectivity index (χ0v) is 23.1. The van der Waals surface area contributed by atoms with Crippen molar-refractivity contribution >= 4 is 38.5 Å². The molecule has 1 fully saturated rings. The molecule has 2 aromatic heterocycles. The number of nitrogens with zero attached hydrogens (tertiary/aromatic N) is 5. The van der Waals surface area contributed by atoms with Crippen LogP contribution >= 0.6 is 11.3 Å². The fraction of sp³-hybridized carbons (Fsp3) is 0.357. The van der Waals surface area contributed by atoms with Crippen molar-refractivity contribution in [1.29, 1.82) is 0 Å². The maximum absolute atomic E-state index is 13.2. The number of thiazole rings is 1. The Morgan fingerprint density at radius 3 is 2.55 bits per heavy atom. The third-order valence-electron chi connectivity index (χ3n) is 6.85. The predicted molar refractivity (Wildman–Crippen MR) is 150 cm³/mol. The molecule has 1 N–H and O–H groups in total. The first-order valence-corrected chi connectivity index (χ1v) is 13.9. The Balaban J connectivity index is 1.52. The topological polar surface area (TPSA) is 83.5 Å². The second-order valence-corrected chi connectivity index (χ2v) is 10.5. The number of fused-ring (bicyclic) bond motifs is 1. The number of benzene rings is 2. The molecule has 0 spiro atoms. The molecule has 5 rings (SSSR count). The Morgan fingerprint density at radius 2 is 1.88 bits per heavy atom. The number of likely N-dealkylation sites (N-methyl/N-ethyl adjacent to an activating group) is 1. The van der Waals surface area contributed by atoms with Gasteiger partial charge >= 0.3 is 6.18 Å². The number of nitrogens with one attached hydrogen (secondary N) is 1. The van der Waals surface area contributed by atoms with Crippen LogP contribution in [0.2, 0.25) is 0 Å². The van der Waals surface area contributed by atoms with Gasteiger partial charge in [0, 0.05) is 37.7 Å². The number of amides is 1. The molecule has 1 atom stereocenters. The molecule has 8 nitrogen and oxygen atoms in total. The van der Waals surface area contributed by atoms with Crippen molar-refractivity contribution in [2.24, 2.45) is 0 Å². The van der Waals surface area contributed by atoms with Crippen LogP contribution in [0.25, 0.3) is 21.5 Å². The van der Waals surface area contributed by atoms with E-state index in [1.54, 1.807) is 12.1 Å². The Hall–Kier alpha value is -3.77. The molecule has 12 heteroatoms. The third-order valence-corrected chi connectivity index (χ3v) is 7.79. The van der Waals surface area contributed by atoms with Crippen LogP contribution in [0.15, 0.2) is 48.5 Å². The normalized spacial score (nSPS) is 15.7. The van der Waals surface area contributed by atoms with E-state index in [2.05, 4.69) is 33.9 Å². The summed E-state index contributed by atoms with van der Waals surface area (Å²) in [6.07, 6.45) is -3.48. The van der Waals surface area contributed by atoms with Crippen molar-refractivity contribution in [3.63, 3.8) is 0 Å². The molecule has 1 saturated heterocycles. The van der Waals surface area contributed by atoms with E-state index < -0.39 is 11.7 Å². The number of alkyl halides is 3.